The molecule has 0 aliphatic heterocycles. The van der Waals surface area contributed by atoms with Gasteiger partial charge in [0.15, 0.2) is 5.76 Å². The van der Waals surface area contributed by atoms with Gasteiger partial charge in [0.1, 0.15) is 0 Å². The van der Waals surface area contributed by atoms with Gasteiger partial charge in [-0.15, -0.1) is 0 Å². The minimum absolute atomic E-state index is 0.714. The smallest absolute Gasteiger partial charge is 0.399 e. The van der Waals surface area contributed by atoms with Crippen molar-refractivity contribution in [1.29, 1.82) is 0 Å². The van der Waals surface area contributed by atoms with Crippen LogP contribution < -0.4 is 0 Å². The zero-order chi connectivity index (χ0) is 9.19. The molecule has 0 aliphatic rings. The van der Waals surface area contributed by atoms with E-state index in [1.807, 2.05) is 0 Å². The minimum Gasteiger partial charge on any atom is -0.464 e. The molecule has 12 heavy (non-hydrogen) atoms. The van der Waals surface area contributed by atoms with Crippen LogP contribution in [-0.4, -0.2) is 13.1 Å². The number of carbonyl (C=O) groups excluding carboxylic acids is 1. The van der Waals surface area contributed by atoms with Crippen molar-refractivity contribution in [1.82, 2.24) is 0 Å². The fraction of sp³-hybridized carbons (Fsp3) is 0.286. The summed E-state index contributed by atoms with van der Waals surface area (Å²) >= 11 is 0. The van der Waals surface area contributed by atoms with E-state index < -0.39 is 17.7 Å². The number of furan rings is 1. The fourth-order valence-electron chi connectivity index (χ4n) is 0.686. The quantitative estimate of drug-likeness (QED) is 0.641. The molecule has 66 valence electrons. The van der Waals surface area contributed by atoms with E-state index in [1.165, 1.54) is 6.07 Å². The molecule has 5 heteroatoms. The molecule has 3 nitrogen and oxygen atoms in total. The Hall–Kier alpha value is -1.39. The molecule has 0 fully saturated rings. The molecule has 1 rings (SSSR count). The van der Waals surface area contributed by atoms with Gasteiger partial charge in [-0.25, -0.2) is 4.79 Å². The molecule has 1 aromatic rings. The fourth-order valence-corrected chi connectivity index (χ4v) is 0.686. The van der Waals surface area contributed by atoms with Crippen LogP contribution in [0.15, 0.2) is 22.8 Å². The zero-order valence-electron chi connectivity index (χ0n) is 6.21. The second-order valence-corrected chi connectivity index (χ2v) is 2.04. The van der Waals surface area contributed by atoms with Gasteiger partial charge >= 0.3 is 11.9 Å². The maximum absolute atomic E-state index is 12.8. The number of rotatable bonds is 2. The van der Waals surface area contributed by atoms with E-state index in [4.69, 9.17) is 0 Å². The Kier molecular flexibility index (Phi) is 2.12. The molecule has 0 radical (unpaired) electrons. The second kappa shape index (κ2) is 2.92. The van der Waals surface area contributed by atoms with Gasteiger partial charge in [0.05, 0.1) is 13.4 Å². The van der Waals surface area contributed by atoms with Crippen molar-refractivity contribution in [3.63, 3.8) is 0 Å². The van der Waals surface area contributed by atoms with Crippen LogP contribution in [0.3, 0.4) is 0 Å². The first-order chi connectivity index (χ1) is 5.59. The molecule has 1 aromatic heterocycles. The normalized spacial score (nSPS) is 11.2. The molecular weight excluding hydrogens is 170 g/mol. The summed E-state index contributed by atoms with van der Waals surface area (Å²) in [5.74, 6) is -6.04. The van der Waals surface area contributed by atoms with Crippen molar-refractivity contribution in [2.45, 2.75) is 5.92 Å². The van der Waals surface area contributed by atoms with Crippen molar-refractivity contribution in [2.75, 3.05) is 7.11 Å². The number of hydrogen-bond donors (Lipinski definition) is 0. The van der Waals surface area contributed by atoms with Crippen LogP contribution in [0.4, 0.5) is 8.78 Å². The van der Waals surface area contributed by atoms with Gasteiger partial charge in [0.2, 0.25) is 0 Å². The molecule has 0 N–H and O–H groups in total. The predicted octanol–water partition coefficient (Wildman–Crippen LogP) is 1.54. The van der Waals surface area contributed by atoms with E-state index in [-0.39, 0.29) is 0 Å². The van der Waals surface area contributed by atoms with Crippen LogP contribution in [-0.2, 0) is 15.5 Å². The van der Waals surface area contributed by atoms with E-state index in [1.54, 1.807) is 0 Å². The van der Waals surface area contributed by atoms with Gasteiger partial charge in [0.25, 0.3) is 0 Å². The lowest BCUT2D eigenvalue weighted by molar-refractivity contribution is -0.172. The van der Waals surface area contributed by atoms with Crippen LogP contribution in [0.1, 0.15) is 5.76 Å². The molecule has 0 bridgehead atoms. The summed E-state index contributed by atoms with van der Waals surface area (Å²) in [6, 6.07) is 2.28. The van der Waals surface area contributed by atoms with Crippen molar-refractivity contribution in [3.8, 4) is 0 Å². The topological polar surface area (TPSA) is 39.4 Å². The van der Waals surface area contributed by atoms with Crippen molar-refractivity contribution >= 4 is 5.97 Å². The molecule has 0 aliphatic carbocycles. The Morgan fingerprint density at radius 3 is 2.75 bits per heavy atom. The molecule has 0 saturated carbocycles. The number of halogens is 2. The lowest BCUT2D eigenvalue weighted by Gasteiger charge is -2.09. The van der Waals surface area contributed by atoms with E-state index >= 15 is 0 Å². The van der Waals surface area contributed by atoms with Crippen molar-refractivity contribution in [2.24, 2.45) is 0 Å². The van der Waals surface area contributed by atoms with Crippen LogP contribution in [0.25, 0.3) is 0 Å². The van der Waals surface area contributed by atoms with Crippen LogP contribution in [0, 0.1) is 0 Å². The standard InChI is InChI=1S/C7H6F2O3/c1-11-6(10)7(8,9)5-3-2-4-12-5/h2-4H,1H3. The maximum Gasteiger partial charge on any atom is 0.399 e. The Bertz CT molecular complexity index is 266. The van der Waals surface area contributed by atoms with Gasteiger partial charge in [-0.1, -0.05) is 0 Å². The number of ether oxygens (including phenoxy) is 1. The highest BCUT2D eigenvalue weighted by molar-refractivity contribution is 5.78. The third-order valence-electron chi connectivity index (χ3n) is 1.27. The average molecular weight is 176 g/mol. The molecule has 0 aromatic carbocycles. The van der Waals surface area contributed by atoms with Gasteiger partial charge in [-0.05, 0) is 12.1 Å². The Labute approximate surface area is 66.9 Å². The first-order valence-electron chi connectivity index (χ1n) is 3.09. The van der Waals surface area contributed by atoms with Crippen molar-refractivity contribution < 1.29 is 22.7 Å². The van der Waals surface area contributed by atoms with E-state index in [0.717, 1.165) is 19.4 Å². The van der Waals surface area contributed by atoms with Gasteiger partial charge in [0, 0.05) is 0 Å². The monoisotopic (exact) mass is 176 g/mol. The summed E-state index contributed by atoms with van der Waals surface area (Å²) in [7, 11) is 0.888. The SMILES string of the molecule is COC(=O)C(F)(F)c1ccco1. The molecule has 0 amide bonds. The highest BCUT2D eigenvalue weighted by Crippen LogP contribution is 2.29. The Morgan fingerprint density at radius 2 is 2.33 bits per heavy atom. The van der Waals surface area contributed by atoms with E-state index in [9.17, 15) is 13.6 Å². The number of esters is 1. The summed E-state index contributed by atoms with van der Waals surface area (Å²) in [6.45, 7) is 0. The summed E-state index contributed by atoms with van der Waals surface area (Å²) in [5, 5.41) is 0. The largest absolute Gasteiger partial charge is 0.464 e. The van der Waals surface area contributed by atoms with Crippen LogP contribution >= 0.6 is 0 Å². The van der Waals surface area contributed by atoms with Gasteiger partial charge in [-0.3, -0.25) is 0 Å². The van der Waals surface area contributed by atoms with Crippen LogP contribution in [0.5, 0.6) is 0 Å². The second-order valence-electron chi connectivity index (χ2n) is 2.04. The first kappa shape index (κ1) is 8.70. The van der Waals surface area contributed by atoms with E-state index in [2.05, 4.69) is 9.15 Å². The number of alkyl halides is 2. The summed E-state index contributed by atoms with van der Waals surface area (Å²) in [5.41, 5.74) is 0. The molecule has 1 heterocycles. The number of methoxy groups -OCH3 is 1. The molecule has 0 saturated heterocycles. The number of hydrogen-bond acceptors (Lipinski definition) is 3. The van der Waals surface area contributed by atoms with Crippen LogP contribution in [0.2, 0.25) is 0 Å². The highest BCUT2D eigenvalue weighted by atomic mass is 19.3. The van der Waals surface area contributed by atoms with Gasteiger partial charge in [-0.2, -0.15) is 8.78 Å². The maximum atomic E-state index is 12.8. The predicted molar refractivity (Wildman–Crippen MR) is 34.6 cm³/mol. The van der Waals surface area contributed by atoms with Gasteiger partial charge < -0.3 is 9.15 Å². The molecular formula is C7H6F2O3. The Morgan fingerprint density at radius 1 is 1.67 bits per heavy atom. The summed E-state index contributed by atoms with van der Waals surface area (Å²) in [4.78, 5) is 10.5. The molecule has 0 unspecified atom stereocenters. The number of carbonyl (C=O) groups is 1. The zero-order valence-corrected chi connectivity index (χ0v) is 6.21. The lowest BCUT2D eigenvalue weighted by Crippen LogP contribution is -2.26. The third kappa shape index (κ3) is 1.30. The van der Waals surface area contributed by atoms with E-state index in [0.29, 0.717) is 0 Å². The van der Waals surface area contributed by atoms with Crippen molar-refractivity contribution in [3.05, 3.63) is 24.2 Å². The Balaban J connectivity index is 2.93. The first-order valence-corrected chi connectivity index (χ1v) is 3.09. The minimum atomic E-state index is -3.70. The summed E-state index contributed by atoms with van der Waals surface area (Å²) < 4.78 is 33.9. The lowest BCUT2D eigenvalue weighted by atomic mass is 10.2. The molecule has 0 spiro atoms. The highest BCUT2D eigenvalue weighted by Gasteiger charge is 2.45. The molecule has 0 atom stereocenters. The average Bonchev–Trinajstić information content (AvgIpc) is 2.55. The summed E-state index contributed by atoms with van der Waals surface area (Å²) in [6.07, 6.45) is 1.06. The third-order valence-corrected chi connectivity index (χ3v) is 1.27.